The summed E-state index contributed by atoms with van der Waals surface area (Å²) in [5.41, 5.74) is 0. The summed E-state index contributed by atoms with van der Waals surface area (Å²) < 4.78 is 67.1. The van der Waals surface area contributed by atoms with Crippen molar-refractivity contribution in [2.75, 3.05) is 0 Å². The lowest BCUT2D eigenvalue weighted by Gasteiger charge is -2.14. The quantitative estimate of drug-likeness (QED) is 0.733. The SMILES string of the molecule is CCC(CC(F)(F)F)OS(=O)(=O)O. The normalized spacial score (nSPS) is 15.8. The van der Waals surface area contributed by atoms with Crippen LogP contribution in [0, 0.1) is 0 Å². The van der Waals surface area contributed by atoms with E-state index in [0.717, 1.165) is 0 Å². The summed E-state index contributed by atoms with van der Waals surface area (Å²) in [6, 6.07) is 0. The van der Waals surface area contributed by atoms with Gasteiger partial charge in [-0.25, -0.2) is 4.18 Å². The van der Waals surface area contributed by atoms with Gasteiger partial charge in [0.1, 0.15) is 0 Å². The van der Waals surface area contributed by atoms with Crippen molar-refractivity contribution in [3.05, 3.63) is 0 Å². The molecule has 4 nitrogen and oxygen atoms in total. The second-order valence-corrected chi connectivity index (χ2v) is 3.42. The molecule has 8 heteroatoms. The fraction of sp³-hybridized carbons (Fsp3) is 1.00. The summed E-state index contributed by atoms with van der Waals surface area (Å²) in [4.78, 5) is 0. The van der Waals surface area contributed by atoms with Crippen molar-refractivity contribution in [2.45, 2.75) is 32.0 Å². The largest absolute Gasteiger partial charge is 0.397 e. The van der Waals surface area contributed by atoms with Gasteiger partial charge in [-0.3, -0.25) is 4.55 Å². The van der Waals surface area contributed by atoms with Crippen LogP contribution in [-0.2, 0) is 14.6 Å². The van der Waals surface area contributed by atoms with Crippen molar-refractivity contribution in [3.8, 4) is 0 Å². The topological polar surface area (TPSA) is 63.6 Å². The number of halogens is 3. The first-order valence-corrected chi connectivity index (χ1v) is 4.73. The monoisotopic (exact) mass is 222 g/mol. The maximum atomic E-state index is 11.7. The van der Waals surface area contributed by atoms with E-state index in [4.69, 9.17) is 4.55 Å². The van der Waals surface area contributed by atoms with Crippen LogP contribution in [0.15, 0.2) is 0 Å². The van der Waals surface area contributed by atoms with Crippen LogP contribution >= 0.6 is 0 Å². The van der Waals surface area contributed by atoms with Crippen LogP contribution in [0.3, 0.4) is 0 Å². The molecule has 0 aliphatic heterocycles. The highest BCUT2D eigenvalue weighted by atomic mass is 32.3. The molecule has 1 unspecified atom stereocenters. The van der Waals surface area contributed by atoms with Crippen molar-refractivity contribution in [1.82, 2.24) is 0 Å². The molecule has 0 aromatic heterocycles. The zero-order valence-corrected chi connectivity index (χ0v) is 7.52. The predicted molar refractivity (Wildman–Crippen MR) is 37.4 cm³/mol. The van der Waals surface area contributed by atoms with Gasteiger partial charge >= 0.3 is 16.6 Å². The van der Waals surface area contributed by atoms with Crippen LogP contribution in [0.1, 0.15) is 19.8 Å². The molecule has 80 valence electrons. The Hall–Kier alpha value is -0.340. The lowest BCUT2D eigenvalue weighted by molar-refractivity contribution is -0.150. The molecule has 0 aromatic rings. The van der Waals surface area contributed by atoms with E-state index in [9.17, 15) is 21.6 Å². The van der Waals surface area contributed by atoms with E-state index in [1.165, 1.54) is 6.92 Å². The van der Waals surface area contributed by atoms with Gasteiger partial charge in [0, 0.05) is 0 Å². The predicted octanol–water partition coefficient (Wildman–Crippen LogP) is 1.54. The summed E-state index contributed by atoms with van der Waals surface area (Å²) in [6.07, 6.45) is -7.62. The van der Waals surface area contributed by atoms with Crippen LogP contribution in [0.5, 0.6) is 0 Å². The molecule has 0 fully saturated rings. The Bertz CT molecular complexity index is 245. The van der Waals surface area contributed by atoms with Gasteiger partial charge in [-0.15, -0.1) is 0 Å². The second-order valence-electron chi connectivity index (χ2n) is 2.37. The first-order valence-electron chi connectivity index (χ1n) is 3.36. The van der Waals surface area contributed by atoms with Crippen molar-refractivity contribution in [3.63, 3.8) is 0 Å². The molecular formula is C5H9F3O4S. The molecule has 0 radical (unpaired) electrons. The van der Waals surface area contributed by atoms with Crippen molar-refractivity contribution in [1.29, 1.82) is 0 Å². The first-order chi connectivity index (χ1) is 5.64. The summed E-state index contributed by atoms with van der Waals surface area (Å²) in [7, 11) is -4.81. The van der Waals surface area contributed by atoms with Crippen molar-refractivity contribution in [2.24, 2.45) is 0 Å². The van der Waals surface area contributed by atoms with Crippen LogP contribution in [-0.4, -0.2) is 25.3 Å². The molecule has 0 saturated carbocycles. The van der Waals surface area contributed by atoms with E-state index in [2.05, 4.69) is 4.18 Å². The Kier molecular flexibility index (Phi) is 4.14. The summed E-state index contributed by atoms with van der Waals surface area (Å²) in [6.45, 7) is 1.32. The zero-order valence-electron chi connectivity index (χ0n) is 6.71. The molecule has 0 rings (SSSR count). The molecule has 0 bridgehead atoms. The molecule has 1 atom stereocenters. The van der Waals surface area contributed by atoms with Crippen molar-refractivity contribution >= 4 is 10.4 Å². The molecule has 13 heavy (non-hydrogen) atoms. The molecule has 0 aliphatic carbocycles. The molecule has 1 N–H and O–H groups in total. The second kappa shape index (κ2) is 4.25. The van der Waals surface area contributed by atoms with Gasteiger partial charge in [0.15, 0.2) is 0 Å². The highest BCUT2D eigenvalue weighted by Gasteiger charge is 2.33. The average molecular weight is 222 g/mol. The Morgan fingerprint density at radius 3 is 2.15 bits per heavy atom. The standard InChI is InChI=1S/C5H9F3O4S/c1-2-4(3-5(6,7)8)12-13(9,10)11/h4H,2-3H2,1H3,(H,9,10,11). The molecule has 0 amide bonds. The van der Waals surface area contributed by atoms with Gasteiger partial charge < -0.3 is 0 Å². The minimum atomic E-state index is -4.81. The number of hydrogen-bond acceptors (Lipinski definition) is 3. The minimum Gasteiger partial charge on any atom is -0.264 e. The molecule has 0 heterocycles. The highest BCUT2D eigenvalue weighted by Crippen LogP contribution is 2.24. The van der Waals surface area contributed by atoms with E-state index < -0.39 is 29.1 Å². The Balaban J connectivity index is 4.22. The summed E-state index contributed by atoms with van der Waals surface area (Å²) >= 11 is 0. The molecule has 0 spiro atoms. The van der Waals surface area contributed by atoms with E-state index in [1.807, 2.05) is 0 Å². The van der Waals surface area contributed by atoms with Crippen LogP contribution in [0.2, 0.25) is 0 Å². The van der Waals surface area contributed by atoms with E-state index in [1.54, 1.807) is 0 Å². The number of rotatable bonds is 4. The first kappa shape index (κ1) is 12.7. The van der Waals surface area contributed by atoms with Gasteiger partial charge in [-0.05, 0) is 6.42 Å². The maximum absolute atomic E-state index is 11.7. The van der Waals surface area contributed by atoms with Crippen LogP contribution in [0.25, 0.3) is 0 Å². The smallest absolute Gasteiger partial charge is 0.264 e. The summed E-state index contributed by atoms with van der Waals surface area (Å²) in [5.74, 6) is 0. The molecular weight excluding hydrogens is 213 g/mol. The number of hydrogen-bond donors (Lipinski definition) is 1. The Morgan fingerprint density at radius 2 is 1.92 bits per heavy atom. The third-order valence-corrected chi connectivity index (χ3v) is 1.69. The van der Waals surface area contributed by atoms with Gasteiger partial charge in [0.2, 0.25) is 0 Å². The summed E-state index contributed by atoms with van der Waals surface area (Å²) in [5, 5.41) is 0. The lowest BCUT2D eigenvalue weighted by Crippen LogP contribution is -2.24. The molecule has 0 saturated heterocycles. The minimum absolute atomic E-state index is 0.153. The van der Waals surface area contributed by atoms with Gasteiger partial charge in [0.05, 0.1) is 12.5 Å². The van der Waals surface area contributed by atoms with Gasteiger partial charge in [-0.2, -0.15) is 21.6 Å². The van der Waals surface area contributed by atoms with Gasteiger partial charge in [0.25, 0.3) is 0 Å². The highest BCUT2D eigenvalue weighted by molar-refractivity contribution is 7.80. The van der Waals surface area contributed by atoms with E-state index >= 15 is 0 Å². The number of alkyl halides is 3. The van der Waals surface area contributed by atoms with E-state index in [-0.39, 0.29) is 6.42 Å². The third-order valence-electron chi connectivity index (χ3n) is 1.17. The fourth-order valence-corrected chi connectivity index (χ4v) is 1.22. The molecule has 0 aromatic carbocycles. The third kappa shape index (κ3) is 8.00. The molecule has 0 aliphatic rings. The van der Waals surface area contributed by atoms with E-state index in [0.29, 0.717) is 0 Å². The maximum Gasteiger partial charge on any atom is 0.397 e. The lowest BCUT2D eigenvalue weighted by atomic mass is 10.2. The van der Waals surface area contributed by atoms with Crippen molar-refractivity contribution < 1.29 is 30.3 Å². The Labute approximate surface area is 73.6 Å². The zero-order chi connectivity index (χ0) is 10.7. The average Bonchev–Trinajstić information content (AvgIpc) is 1.79. The van der Waals surface area contributed by atoms with Crippen LogP contribution < -0.4 is 0 Å². The Morgan fingerprint density at radius 1 is 1.46 bits per heavy atom. The van der Waals surface area contributed by atoms with Crippen LogP contribution in [0.4, 0.5) is 13.2 Å². The van der Waals surface area contributed by atoms with Gasteiger partial charge in [-0.1, -0.05) is 6.92 Å². The fourth-order valence-electron chi connectivity index (χ4n) is 0.677.